The quantitative estimate of drug-likeness (QED) is 0.697. The summed E-state index contributed by atoms with van der Waals surface area (Å²) in [7, 11) is 0. The molecule has 1 aliphatic carbocycles. The number of carbonyl (C=O) groups is 1. The van der Waals surface area contributed by atoms with Crippen molar-refractivity contribution >= 4 is 5.91 Å². The van der Waals surface area contributed by atoms with E-state index in [1.54, 1.807) is 23.9 Å². The van der Waals surface area contributed by atoms with E-state index in [4.69, 9.17) is 0 Å². The standard InChI is InChI=1S/C23H24FN3O2/c1-15-17(12-16-6-8-19(9-7-16)27-11-3-10-25-27)13-18(14-20(15)24)23(29)26-21-4-2-5-22(21)28/h3,6-11,13-14,21-22,28H,2,4-5,12H2,1H3,(H,26,29). The molecule has 1 aromatic heterocycles. The molecule has 0 spiro atoms. The van der Waals surface area contributed by atoms with Gasteiger partial charge in [0.25, 0.3) is 5.91 Å². The van der Waals surface area contributed by atoms with Gasteiger partial charge in [0.05, 0.1) is 17.8 Å². The van der Waals surface area contributed by atoms with Crippen LogP contribution in [0.1, 0.15) is 46.3 Å². The van der Waals surface area contributed by atoms with E-state index >= 15 is 0 Å². The van der Waals surface area contributed by atoms with Gasteiger partial charge < -0.3 is 10.4 Å². The van der Waals surface area contributed by atoms with Crippen molar-refractivity contribution in [3.63, 3.8) is 0 Å². The number of nitrogens with one attached hydrogen (secondary N) is 1. The Kier molecular flexibility index (Phi) is 5.45. The lowest BCUT2D eigenvalue weighted by Gasteiger charge is -2.17. The number of aliphatic hydroxyl groups excluding tert-OH is 1. The van der Waals surface area contributed by atoms with Crippen LogP contribution >= 0.6 is 0 Å². The summed E-state index contributed by atoms with van der Waals surface area (Å²) in [4.78, 5) is 12.6. The number of benzene rings is 2. The number of hydrogen-bond acceptors (Lipinski definition) is 3. The zero-order chi connectivity index (χ0) is 20.4. The fourth-order valence-electron chi connectivity index (χ4n) is 3.82. The van der Waals surface area contributed by atoms with E-state index in [1.807, 2.05) is 36.5 Å². The van der Waals surface area contributed by atoms with Crippen LogP contribution in [0.2, 0.25) is 0 Å². The fraction of sp³-hybridized carbons (Fsp3) is 0.304. The number of hydrogen-bond donors (Lipinski definition) is 2. The van der Waals surface area contributed by atoms with Crippen LogP contribution in [0.4, 0.5) is 4.39 Å². The lowest BCUT2D eigenvalue weighted by molar-refractivity contribution is 0.0872. The zero-order valence-electron chi connectivity index (χ0n) is 16.3. The van der Waals surface area contributed by atoms with Crippen molar-refractivity contribution in [1.29, 1.82) is 0 Å². The maximum absolute atomic E-state index is 14.5. The normalized spacial score (nSPS) is 18.7. The highest BCUT2D eigenvalue weighted by Gasteiger charge is 2.27. The third-order valence-electron chi connectivity index (χ3n) is 5.61. The van der Waals surface area contributed by atoms with Crippen LogP contribution < -0.4 is 5.32 Å². The number of aromatic nitrogens is 2. The second-order valence-electron chi connectivity index (χ2n) is 7.61. The Morgan fingerprint density at radius 3 is 2.72 bits per heavy atom. The van der Waals surface area contributed by atoms with Gasteiger partial charge in [-0.15, -0.1) is 0 Å². The maximum atomic E-state index is 14.5. The van der Waals surface area contributed by atoms with Crippen molar-refractivity contribution in [2.75, 3.05) is 0 Å². The van der Waals surface area contributed by atoms with E-state index in [1.165, 1.54) is 6.07 Å². The van der Waals surface area contributed by atoms with E-state index < -0.39 is 11.9 Å². The smallest absolute Gasteiger partial charge is 0.251 e. The Balaban J connectivity index is 1.53. The minimum atomic E-state index is -0.526. The lowest BCUT2D eigenvalue weighted by atomic mass is 9.97. The average molecular weight is 393 g/mol. The van der Waals surface area contributed by atoms with Gasteiger partial charge in [-0.05, 0) is 79.6 Å². The zero-order valence-corrected chi connectivity index (χ0v) is 16.3. The van der Waals surface area contributed by atoms with Crippen LogP contribution in [0.25, 0.3) is 5.69 Å². The predicted octanol–water partition coefficient (Wildman–Crippen LogP) is 3.55. The Bertz CT molecular complexity index is 1000. The molecule has 4 rings (SSSR count). The van der Waals surface area contributed by atoms with Gasteiger partial charge in [-0.2, -0.15) is 5.10 Å². The molecule has 2 N–H and O–H groups in total. The van der Waals surface area contributed by atoms with Gasteiger partial charge in [-0.25, -0.2) is 9.07 Å². The topological polar surface area (TPSA) is 67.2 Å². The molecule has 2 aromatic carbocycles. The highest BCUT2D eigenvalue weighted by molar-refractivity contribution is 5.94. The maximum Gasteiger partial charge on any atom is 0.251 e. The van der Waals surface area contributed by atoms with Crippen LogP contribution in [0.15, 0.2) is 54.9 Å². The number of rotatable bonds is 5. The summed E-state index contributed by atoms with van der Waals surface area (Å²) in [5.74, 6) is -0.738. The van der Waals surface area contributed by atoms with E-state index in [9.17, 15) is 14.3 Å². The number of nitrogens with zero attached hydrogens (tertiary/aromatic N) is 2. The molecule has 0 aliphatic heterocycles. The Morgan fingerprint density at radius 2 is 2.07 bits per heavy atom. The molecule has 0 saturated heterocycles. The van der Waals surface area contributed by atoms with Crippen LogP contribution in [0, 0.1) is 12.7 Å². The third-order valence-corrected chi connectivity index (χ3v) is 5.61. The first kappa shape index (κ1) is 19.3. The van der Waals surface area contributed by atoms with Crippen molar-refractivity contribution in [3.8, 4) is 5.69 Å². The molecule has 6 heteroatoms. The van der Waals surface area contributed by atoms with E-state index in [-0.39, 0.29) is 17.5 Å². The molecular formula is C23H24FN3O2. The van der Waals surface area contributed by atoms with Gasteiger partial charge in [0.1, 0.15) is 5.82 Å². The first-order chi connectivity index (χ1) is 14.0. The molecule has 1 amide bonds. The number of aliphatic hydroxyl groups is 1. The molecule has 1 fully saturated rings. The van der Waals surface area contributed by atoms with Crippen molar-refractivity contribution < 1.29 is 14.3 Å². The van der Waals surface area contributed by atoms with Crippen molar-refractivity contribution in [2.45, 2.75) is 44.8 Å². The average Bonchev–Trinajstić information content (AvgIpc) is 3.38. The Labute approximate surface area is 169 Å². The van der Waals surface area contributed by atoms with Crippen LogP contribution in [0.5, 0.6) is 0 Å². The molecule has 0 bridgehead atoms. The molecule has 1 heterocycles. The molecular weight excluding hydrogens is 369 g/mol. The highest BCUT2D eigenvalue weighted by atomic mass is 19.1. The summed E-state index contributed by atoms with van der Waals surface area (Å²) in [5.41, 5.74) is 3.57. The Morgan fingerprint density at radius 1 is 1.28 bits per heavy atom. The summed E-state index contributed by atoms with van der Waals surface area (Å²) in [6.07, 6.45) is 5.91. The van der Waals surface area contributed by atoms with E-state index in [0.717, 1.165) is 29.7 Å². The molecule has 3 aromatic rings. The van der Waals surface area contributed by atoms with Gasteiger partial charge in [0, 0.05) is 18.0 Å². The van der Waals surface area contributed by atoms with Crippen LogP contribution in [-0.4, -0.2) is 32.9 Å². The van der Waals surface area contributed by atoms with Gasteiger partial charge in [0.2, 0.25) is 0 Å². The third kappa shape index (κ3) is 4.22. The summed E-state index contributed by atoms with van der Waals surface area (Å²) in [6, 6.07) is 12.5. The van der Waals surface area contributed by atoms with Gasteiger partial charge in [-0.3, -0.25) is 4.79 Å². The summed E-state index contributed by atoms with van der Waals surface area (Å²) >= 11 is 0. The minimum absolute atomic E-state index is 0.259. The van der Waals surface area contributed by atoms with Gasteiger partial charge in [0.15, 0.2) is 0 Å². The number of amides is 1. The minimum Gasteiger partial charge on any atom is -0.391 e. The fourth-order valence-corrected chi connectivity index (χ4v) is 3.82. The van der Waals surface area contributed by atoms with E-state index in [0.29, 0.717) is 18.4 Å². The predicted molar refractivity (Wildman–Crippen MR) is 109 cm³/mol. The van der Waals surface area contributed by atoms with Gasteiger partial charge >= 0.3 is 0 Å². The molecule has 1 aliphatic rings. The van der Waals surface area contributed by atoms with Crippen molar-refractivity contribution in [1.82, 2.24) is 15.1 Å². The number of halogens is 1. The largest absolute Gasteiger partial charge is 0.391 e. The van der Waals surface area contributed by atoms with Crippen molar-refractivity contribution in [3.05, 3.63) is 82.9 Å². The molecule has 2 atom stereocenters. The molecule has 29 heavy (non-hydrogen) atoms. The van der Waals surface area contributed by atoms with Crippen molar-refractivity contribution in [2.24, 2.45) is 0 Å². The Hall–Kier alpha value is -2.99. The summed E-state index contributed by atoms with van der Waals surface area (Å²) < 4.78 is 16.3. The highest BCUT2D eigenvalue weighted by Crippen LogP contribution is 2.22. The number of carbonyl (C=O) groups excluding carboxylic acids is 1. The monoisotopic (exact) mass is 393 g/mol. The second kappa shape index (κ2) is 8.17. The molecule has 0 radical (unpaired) electrons. The second-order valence-corrected chi connectivity index (χ2v) is 7.61. The SMILES string of the molecule is Cc1c(F)cc(C(=O)NC2CCCC2O)cc1Cc1ccc(-n2cccn2)cc1. The molecule has 5 nitrogen and oxygen atoms in total. The van der Waals surface area contributed by atoms with Gasteiger partial charge in [-0.1, -0.05) is 12.1 Å². The first-order valence-corrected chi connectivity index (χ1v) is 9.88. The summed E-state index contributed by atoms with van der Waals surface area (Å²) in [5, 5.41) is 17.0. The molecule has 2 unspecified atom stereocenters. The lowest BCUT2D eigenvalue weighted by Crippen LogP contribution is -2.39. The molecule has 1 saturated carbocycles. The van der Waals surface area contributed by atoms with Crippen LogP contribution in [-0.2, 0) is 6.42 Å². The van der Waals surface area contributed by atoms with Crippen LogP contribution in [0.3, 0.4) is 0 Å². The first-order valence-electron chi connectivity index (χ1n) is 9.88. The van der Waals surface area contributed by atoms with E-state index in [2.05, 4.69) is 10.4 Å². The summed E-state index contributed by atoms with van der Waals surface area (Å²) in [6.45, 7) is 1.73. The molecule has 150 valence electrons.